The first-order chi connectivity index (χ1) is 12.4. The minimum atomic E-state index is -3.53. The third kappa shape index (κ3) is 4.05. The average Bonchev–Trinajstić information content (AvgIpc) is 3.25. The van der Waals surface area contributed by atoms with Gasteiger partial charge in [0.2, 0.25) is 0 Å². The summed E-state index contributed by atoms with van der Waals surface area (Å²) in [5.74, 6) is 0.160. The maximum Gasteiger partial charge on any atom is 0.260 e. The monoisotopic (exact) mass is 379 g/mol. The Morgan fingerprint density at radius 3 is 2.85 bits per heavy atom. The quantitative estimate of drug-likeness (QED) is 0.816. The van der Waals surface area contributed by atoms with Crippen LogP contribution in [0.3, 0.4) is 0 Å². The molecule has 1 aliphatic heterocycles. The predicted octanol–water partition coefficient (Wildman–Crippen LogP) is 1.49. The summed E-state index contributed by atoms with van der Waals surface area (Å²) < 4.78 is 37.4. The van der Waals surface area contributed by atoms with E-state index in [2.05, 4.69) is 10.4 Å². The highest BCUT2D eigenvalue weighted by Gasteiger charge is 2.26. The van der Waals surface area contributed by atoms with Crippen molar-refractivity contribution in [3.63, 3.8) is 0 Å². The van der Waals surface area contributed by atoms with Gasteiger partial charge in [-0.1, -0.05) is 0 Å². The zero-order valence-electron chi connectivity index (χ0n) is 14.6. The number of aromatic nitrogens is 2. The van der Waals surface area contributed by atoms with E-state index in [1.54, 1.807) is 24.0 Å². The molecule has 0 radical (unpaired) electrons. The van der Waals surface area contributed by atoms with Gasteiger partial charge in [0.15, 0.2) is 15.7 Å². The van der Waals surface area contributed by atoms with E-state index in [4.69, 9.17) is 9.47 Å². The Morgan fingerprint density at radius 1 is 1.42 bits per heavy atom. The van der Waals surface area contributed by atoms with Crippen LogP contribution in [0, 0.1) is 5.92 Å². The first-order valence-corrected chi connectivity index (χ1v) is 9.84. The molecule has 1 aromatic carbocycles. The summed E-state index contributed by atoms with van der Waals surface area (Å²) in [5, 5.41) is 6.72. The van der Waals surface area contributed by atoms with E-state index in [1.807, 2.05) is 0 Å². The number of nitrogens with zero attached hydrogens (tertiary/aromatic N) is 2. The van der Waals surface area contributed by atoms with Crippen LogP contribution >= 0.6 is 0 Å². The highest BCUT2D eigenvalue weighted by molar-refractivity contribution is 7.91. The molecule has 1 saturated heterocycles. The molecular weight excluding hydrogens is 358 g/mol. The first kappa shape index (κ1) is 18.4. The normalized spacial score (nSPS) is 17.2. The van der Waals surface area contributed by atoms with Gasteiger partial charge in [0, 0.05) is 25.9 Å². The Hall–Kier alpha value is -2.39. The van der Waals surface area contributed by atoms with Gasteiger partial charge in [-0.15, -0.1) is 0 Å². The van der Waals surface area contributed by atoms with E-state index in [1.165, 1.54) is 25.3 Å². The number of methoxy groups -OCH3 is 1. The Balaban J connectivity index is 1.86. The number of anilines is 1. The number of benzene rings is 1. The second-order valence-electron chi connectivity index (χ2n) is 6.20. The van der Waals surface area contributed by atoms with E-state index in [-0.39, 0.29) is 22.1 Å². The van der Waals surface area contributed by atoms with Crippen LogP contribution < -0.4 is 10.1 Å². The summed E-state index contributed by atoms with van der Waals surface area (Å²) >= 11 is 0. The third-order valence-corrected chi connectivity index (χ3v) is 6.09. The lowest BCUT2D eigenvalue weighted by atomic mass is 10.2. The third-order valence-electron chi connectivity index (χ3n) is 4.21. The Bertz CT molecular complexity index is 901. The topological polar surface area (TPSA) is 99.5 Å². The Kier molecular flexibility index (Phi) is 5.28. The summed E-state index contributed by atoms with van der Waals surface area (Å²) in [4.78, 5) is 12.7. The number of sulfone groups is 1. The van der Waals surface area contributed by atoms with E-state index in [0.29, 0.717) is 24.8 Å². The molecule has 140 valence electrons. The van der Waals surface area contributed by atoms with Crippen LogP contribution in [-0.2, 0) is 21.6 Å². The van der Waals surface area contributed by atoms with Crippen molar-refractivity contribution in [3.05, 3.63) is 36.0 Å². The highest BCUT2D eigenvalue weighted by atomic mass is 32.2. The first-order valence-electron chi connectivity index (χ1n) is 8.18. The molecule has 1 N–H and O–H groups in total. The number of nitrogens with one attached hydrogen (secondary N) is 1. The molecule has 1 fully saturated rings. The number of carbonyl (C=O) groups excluding carboxylic acids is 1. The van der Waals surface area contributed by atoms with Crippen LogP contribution in [0.4, 0.5) is 5.82 Å². The van der Waals surface area contributed by atoms with Gasteiger partial charge >= 0.3 is 0 Å². The zero-order valence-corrected chi connectivity index (χ0v) is 15.5. The fraction of sp³-hybridized carbons (Fsp3) is 0.412. The lowest BCUT2D eigenvalue weighted by Crippen LogP contribution is -2.18. The number of aryl methyl sites for hydroxylation is 1. The largest absolute Gasteiger partial charge is 0.496 e. The molecule has 0 spiro atoms. The molecule has 0 bridgehead atoms. The molecule has 3 rings (SSSR count). The number of rotatable bonds is 6. The van der Waals surface area contributed by atoms with Gasteiger partial charge in [-0.05, 0) is 30.5 Å². The molecular formula is C17H21N3O5S. The maximum absolute atomic E-state index is 12.7. The lowest BCUT2D eigenvalue weighted by Gasteiger charge is -2.12. The van der Waals surface area contributed by atoms with E-state index in [9.17, 15) is 13.2 Å². The molecule has 2 heterocycles. The molecule has 9 heteroatoms. The van der Waals surface area contributed by atoms with Gasteiger partial charge in [-0.2, -0.15) is 5.10 Å². The molecule has 0 unspecified atom stereocenters. The molecule has 0 saturated carbocycles. The summed E-state index contributed by atoms with van der Waals surface area (Å²) in [6.45, 7) is 1.03. The minimum absolute atomic E-state index is 0.000624. The molecule has 2 aromatic rings. The van der Waals surface area contributed by atoms with Crippen LogP contribution in [0.15, 0.2) is 35.4 Å². The lowest BCUT2D eigenvalue weighted by molar-refractivity contribution is 0.102. The highest BCUT2D eigenvalue weighted by Crippen LogP contribution is 2.26. The fourth-order valence-electron chi connectivity index (χ4n) is 2.84. The summed E-state index contributed by atoms with van der Waals surface area (Å²) in [6, 6.07) is 5.94. The van der Waals surface area contributed by atoms with Crippen molar-refractivity contribution < 1.29 is 22.7 Å². The second-order valence-corrected chi connectivity index (χ2v) is 8.24. The second kappa shape index (κ2) is 7.46. The molecule has 8 nitrogen and oxygen atoms in total. The average molecular weight is 379 g/mol. The summed E-state index contributed by atoms with van der Waals surface area (Å²) in [7, 11) is -0.369. The molecule has 1 atom stereocenters. The predicted molar refractivity (Wildman–Crippen MR) is 95.1 cm³/mol. The van der Waals surface area contributed by atoms with Crippen molar-refractivity contribution >= 4 is 21.6 Å². The van der Waals surface area contributed by atoms with E-state index in [0.717, 1.165) is 6.42 Å². The van der Waals surface area contributed by atoms with Crippen LogP contribution in [0.2, 0.25) is 0 Å². The minimum Gasteiger partial charge on any atom is -0.496 e. The van der Waals surface area contributed by atoms with Crippen molar-refractivity contribution in [2.75, 3.05) is 31.4 Å². The number of carbonyl (C=O) groups is 1. The summed E-state index contributed by atoms with van der Waals surface area (Å²) in [5.41, 5.74) is 0.141. The van der Waals surface area contributed by atoms with Gasteiger partial charge in [0.05, 0.1) is 29.9 Å². The van der Waals surface area contributed by atoms with Gasteiger partial charge in [-0.25, -0.2) is 8.42 Å². The molecule has 1 aromatic heterocycles. The van der Waals surface area contributed by atoms with Crippen molar-refractivity contribution in [1.29, 1.82) is 0 Å². The van der Waals surface area contributed by atoms with Gasteiger partial charge in [0.25, 0.3) is 5.91 Å². The van der Waals surface area contributed by atoms with E-state index < -0.39 is 15.7 Å². The van der Waals surface area contributed by atoms with Crippen LogP contribution in [0.5, 0.6) is 5.75 Å². The van der Waals surface area contributed by atoms with Gasteiger partial charge < -0.3 is 14.8 Å². The van der Waals surface area contributed by atoms with Crippen LogP contribution in [0.25, 0.3) is 0 Å². The number of hydrogen-bond donors (Lipinski definition) is 1. The van der Waals surface area contributed by atoms with Gasteiger partial charge in [-0.3, -0.25) is 9.48 Å². The molecule has 1 aliphatic rings. The Labute approximate surface area is 152 Å². The maximum atomic E-state index is 12.7. The molecule has 0 aliphatic carbocycles. The van der Waals surface area contributed by atoms with Crippen molar-refractivity contribution in [2.45, 2.75) is 11.3 Å². The Morgan fingerprint density at radius 2 is 2.23 bits per heavy atom. The smallest absolute Gasteiger partial charge is 0.260 e. The zero-order chi connectivity index (χ0) is 18.7. The van der Waals surface area contributed by atoms with Gasteiger partial charge in [0.1, 0.15) is 5.75 Å². The number of ether oxygens (including phenoxy) is 2. The van der Waals surface area contributed by atoms with Crippen molar-refractivity contribution in [2.24, 2.45) is 13.0 Å². The van der Waals surface area contributed by atoms with Crippen molar-refractivity contribution in [1.82, 2.24) is 9.78 Å². The number of amides is 1. The molecule has 1 amide bonds. The SMILES string of the molecule is COc1ccc(S(=O)(=O)C[C@H]2CCOC2)cc1C(=O)Nc1ccn(C)n1. The van der Waals surface area contributed by atoms with Crippen LogP contribution in [0.1, 0.15) is 16.8 Å². The summed E-state index contributed by atoms with van der Waals surface area (Å²) in [6.07, 6.45) is 2.42. The molecule has 26 heavy (non-hydrogen) atoms. The van der Waals surface area contributed by atoms with Crippen molar-refractivity contribution in [3.8, 4) is 5.75 Å². The number of hydrogen-bond acceptors (Lipinski definition) is 6. The standard InChI is InChI=1S/C17H21N3O5S/c1-20-7-5-16(19-20)18-17(21)14-9-13(3-4-15(14)24-2)26(22,23)11-12-6-8-25-10-12/h3-5,7,9,12H,6,8,10-11H2,1-2H3,(H,18,19,21)/t12-/m0/s1. The van der Waals surface area contributed by atoms with Crippen LogP contribution in [-0.4, -0.2) is 50.2 Å². The fourth-order valence-corrected chi connectivity index (χ4v) is 4.49. The van der Waals surface area contributed by atoms with E-state index >= 15 is 0 Å².